The molecule has 0 amide bonds. The zero-order chi connectivity index (χ0) is 9.56. The highest BCUT2D eigenvalue weighted by Gasteiger charge is 2.00. The molecule has 0 bridgehead atoms. The van der Waals surface area contributed by atoms with E-state index in [9.17, 15) is 0 Å². The zero-order valence-electron chi connectivity index (χ0n) is 8.98. The van der Waals surface area contributed by atoms with Crippen LogP contribution in [-0.2, 0) is 0 Å². The Bertz CT molecular complexity index is 161. The zero-order valence-corrected chi connectivity index (χ0v) is 8.98. The lowest BCUT2D eigenvalue weighted by Crippen LogP contribution is -1.93. The Kier molecular flexibility index (Phi) is 5.79. The van der Waals surface area contributed by atoms with Gasteiger partial charge in [0.25, 0.3) is 0 Å². The van der Waals surface area contributed by atoms with Gasteiger partial charge < -0.3 is 0 Å². The molecular formula is C12H22. The lowest BCUT2D eigenvalue weighted by molar-refractivity contribution is 0.678. The molecule has 0 aliphatic rings. The van der Waals surface area contributed by atoms with Gasteiger partial charge in [-0.15, -0.1) is 6.58 Å². The van der Waals surface area contributed by atoms with Gasteiger partial charge >= 0.3 is 0 Å². The first-order chi connectivity index (χ1) is 5.57. The fourth-order valence-corrected chi connectivity index (χ4v) is 1.36. The average Bonchev–Trinajstić information content (AvgIpc) is 1.96. The molecule has 0 saturated heterocycles. The normalized spacial score (nSPS) is 12.2. The summed E-state index contributed by atoms with van der Waals surface area (Å²) in [4.78, 5) is 0. The molecule has 0 saturated carbocycles. The van der Waals surface area contributed by atoms with E-state index in [1.54, 1.807) is 5.57 Å². The van der Waals surface area contributed by atoms with E-state index in [1.165, 1.54) is 24.8 Å². The molecule has 0 aromatic heterocycles. The largest absolute Gasteiger partial charge is 0.100 e. The maximum absolute atomic E-state index is 3.90. The molecule has 0 aliphatic heterocycles. The SMILES string of the molecule is C=C(C)CCCC(=CC)C(C)C. The minimum atomic E-state index is 0.708. The Morgan fingerprint density at radius 3 is 2.25 bits per heavy atom. The summed E-state index contributed by atoms with van der Waals surface area (Å²) < 4.78 is 0. The minimum absolute atomic E-state index is 0.708. The molecule has 0 aliphatic carbocycles. The van der Waals surface area contributed by atoms with Gasteiger partial charge in [-0.05, 0) is 39.0 Å². The highest BCUT2D eigenvalue weighted by atomic mass is 14.1. The van der Waals surface area contributed by atoms with Crippen LogP contribution in [0.4, 0.5) is 0 Å². The van der Waals surface area contributed by atoms with Crippen LogP contribution in [0.25, 0.3) is 0 Å². The molecule has 0 aromatic carbocycles. The first-order valence-electron chi connectivity index (χ1n) is 4.87. The lowest BCUT2D eigenvalue weighted by atomic mass is 9.96. The molecule has 12 heavy (non-hydrogen) atoms. The van der Waals surface area contributed by atoms with Crippen molar-refractivity contribution in [1.29, 1.82) is 0 Å². The Morgan fingerprint density at radius 1 is 1.33 bits per heavy atom. The summed E-state index contributed by atoms with van der Waals surface area (Å²) in [7, 11) is 0. The number of hydrogen-bond donors (Lipinski definition) is 0. The molecule has 0 aromatic rings. The van der Waals surface area contributed by atoms with E-state index in [-0.39, 0.29) is 0 Å². The minimum Gasteiger partial charge on any atom is -0.100 e. The summed E-state index contributed by atoms with van der Waals surface area (Å²) in [6.45, 7) is 12.7. The van der Waals surface area contributed by atoms with Gasteiger partial charge in [-0.3, -0.25) is 0 Å². The van der Waals surface area contributed by atoms with Crippen LogP contribution >= 0.6 is 0 Å². The predicted octanol–water partition coefficient (Wildman–Crippen LogP) is 4.34. The van der Waals surface area contributed by atoms with Crippen molar-refractivity contribution >= 4 is 0 Å². The molecule has 0 heteroatoms. The monoisotopic (exact) mass is 166 g/mol. The Labute approximate surface area is 77.4 Å². The quantitative estimate of drug-likeness (QED) is 0.533. The van der Waals surface area contributed by atoms with Gasteiger partial charge in [0.1, 0.15) is 0 Å². The fraction of sp³-hybridized carbons (Fsp3) is 0.667. The Hall–Kier alpha value is -0.520. The van der Waals surface area contributed by atoms with E-state index in [0.29, 0.717) is 5.92 Å². The molecule has 0 heterocycles. The smallest absolute Gasteiger partial charge is 0.0260 e. The van der Waals surface area contributed by atoms with Crippen molar-refractivity contribution in [3.05, 3.63) is 23.8 Å². The van der Waals surface area contributed by atoms with Crippen molar-refractivity contribution in [2.45, 2.75) is 47.0 Å². The second-order valence-electron chi connectivity index (χ2n) is 3.83. The molecule has 0 unspecified atom stereocenters. The topological polar surface area (TPSA) is 0 Å². The van der Waals surface area contributed by atoms with Gasteiger partial charge in [-0.1, -0.05) is 31.1 Å². The predicted molar refractivity (Wildman–Crippen MR) is 57.3 cm³/mol. The number of hydrogen-bond acceptors (Lipinski definition) is 0. The molecule has 0 N–H and O–H groups in total. The average molecular weight is 166 g/mol. The summed E-state index contributed by atoms with van der Waals surface area (Å²) in [5.74, 6) is 0.708. The van der Waals surface area contributed by atoms with Crippen LogP contribution < -0.4 is 0 Å². The van der Waals surface area contributed by atoms with Gasteiger partial charge in [0.2, 0.25) is 0 Å². The maximum Gasteiger partial charge on any atom is -0.0260 e. The summed E-state index contributed by atoms with van der Waals surface area (Å²) in [6.07, 6.45) is 5.92. The Morgan fingerprint density at radius 2 is 1.92 bits per heavy atom. The first-order valence-corrected chi connectivity index (χ1v) is 4.87. The standard InChI is InChI=1S/C12H22/c1-6-12(11(4)5)9-7-8-10(2)3/h6,11H,2,7-9H2,1,3-5H3. The molecule has 0 spiro atoms. The van der Waals surface area contributed by atoms with Crippen LogP contribution in [0.1, 0.15) is 47.0 Å². The molecule has 0 rings (SSSR count). The van der Waals surface area contributed by atoms with Crippen LogP contribution in [0.5, 0.6) is 0 Å². The molecule has 0 radical (unpaired) electrons. The van der Waals surface area contributed by atoms with Gasteiger partial charge in [0.15, 0.2) is 0 Å². The third-order valence-corrected chi connectivity index (χ3v) is 2.18. The third kappa shape index (κ3) is 5.17. The lowest BCUT2D eigenvalue weighted by Gasteiger charge is -2.10. The van der Waals surface area contributed by atoms with Gasteiger partial charge in [-0.25, -0.2) is 0 Å². The highest BCUT2D eigenvalue weighted by Crippen LogP contribution is 2.17. The molecule has 70 valence electrons. The maximum atomic E-state index is 3.90. The summed E-state index contributed by atoms with van der Waals surface area (Å²) in [6, 6.07) is 0. The summed E-state index contributed by atoms with van der Waals surface area (Å²) in [5, 5.41) is 0. The van der Waals surface area contributed by atoms with E-state index in [4.69, 9.17) is 0 Å². The van der Waals surface area contributed by atoms with E-state index < -0.39 is 0 Å². The number of allylic oxidation sites excluding steroid dienone is 3. The summed E-state index contributed by atoms with van der Waals surface area (Å²) in [5.41, 5.74) is 2.88. The fourth-order valence-electron chi connectivity index (χ4n) is 1.36. The highest BCUT2D eigenvalue weighted by molar-refractivity contribution is 5.03. The van der Waals surface area contributed by atoms with Crippen molar-refractivity contribution in [2.24, 2.45) is 5.92 Å². The van der Waals surface area contributed by atoms with Gasteiger partial charge in [-0.2, -0.15) is 0 Å². The van der Waals surface area contributed by atoms with Crippen molar-refractivity contribution in [3.8, 4) is 0 Å². The van der Waals surface area contributed by atoms with E-state index in [2.05, 4.69) is 40.3 Å². The Balaban J connectivity index is 3.68. The van der Waals surface area contributed by atoms with E-state index >= 15 is 0 Å². The molecule has 0 atom stereocenters. The van der Waals surface area contributed by atoms with Crippen molar-refractivity contribution in [1.82, 2.24) is 0 Å². The van der Waals surface area contributed by atoms with E-state index in [0.717, 1.165) is 0 Å². The van der Waals surface area contributed by atoms with Crippen molar-refractivity contribution < 1.29 is 0 Å². The third-order valence-electron chi connectivity index (χ3n) is 2.18. The first kappa shape index (κ1) is 11.5. The second kappa shape index (κ2) is 6.05. The van der Waals surface area contributed by atoms with Crippen LogP contribution in [0.2, 0.25) is 0 Å². The second-order valence-corrected chi connectivity index (χ2v) is 3.83. The molecular weight excluding hydrogens is 144 g/mol. The van der Waals surface area contributed by atoms with Crippen LogP contribution in [0.3, 0.4) is 0 Å². The van der Waals surface area contributed by atoms with E-state index in [1.807, 2.05) is 0 Å². The van der Waals surface area contributed by atoms with Gasteiger partial charge in [0, 0.05) is 0 Å². The van der Waals surface area contributed by atoms with Crippen molar-refractivity contribution in [3.63, 3.8) is 0 Å². The molecule has 0 fully saturated rings. The van der Waals surface area contributed by atoms with Crippen LogP contribution in [0.15, 0.2) is 23.8 Å². The van der Waals surface area contributed by atoms with Gasteiger partial charge in [0.05, 0.1) is 0 Å². The molecule has 0 nitrogen and oxygen atoms in total. The summed E-state index contributed by atoms with van der Waals surface area (Å²) >= 11 is 0. The number of rotatable bonds is 5. The van der Waals surface area contributed by atoms with Crippen molar-refractivity contribution in [2.75, 3.05) is 0 Å². The van der Waals surface area contributed by atoms with Crippen LogP contribution in [0, 0.1) is 5.92 Å². The van der Waals surface area contributed by atoms with Crippen LogP contribution in [-0.4, -0.2) is 0 Å².